The largest absolute Gasteiger partial charge is 0.478 e. The molecule has 3 atom stereocenters. The number of likely N-dealkylation sites (tertiary alicyclic amines) is 1. The minimum Gasteiger partial charge on any atom is -0.478 e. The number of aliphatic carboxylic acids is 1. The smallest absolute Gasteiger partial charge is 0.354 e. The van der Waals surface area contributed by atoms with Crippen molar-refractivity contribution < 1.29 is 19.8 Å². The summed E-state index contributed by atoms with van der Waals surface area (Å²) in [5.74, 6) is -1.85. The lowest BCUT2D eigenvalue weighted by molar-refractivity contribution is -0.176. The van der Waals surface area contributed by atoms with Crippen LogP contribution in [0.3, 0.4) is 0 Å². The maximum atomic E-state index is 11.8. The molecule has 6 nitrogen and oxygen atoms in total. The van der Waals surface area contributed by atoms with Crippen molar-refractivity contribution in [1.29, 1.82) is 0 Å². The van der Waals surface area contributed by atoms with Gasteiger partial charge in [0.2, 0.25) is 6.23 Å². The molecule has 1 aromatic rings. The van der Waals surface area contributed by atoms with E-state index in [9.17, 15) is 14.7 Å². The average molecular weight is 292 g/mol. The Kier molecular flexibility index (Phi) is 3.23. The SMILES string of the molecule is O=C(O)C(O)N1C(=O)[C@H]2N=C(Cc3ccccc3)S[C@H]21. The molecule has 7 heteroatoms. The Balaban J connectivity index is 1.69. The first kappa shape index (κ1) is 13.1. The summed E-state index contributed by atoms with van der Waals surface area (Å²) in [5, 5.41) is 18.6. The summed E-state index contributed by atoms with van der Waals surface area (Å²) in [5.41, 5.74) is 1.08. The van der Waals surface area contributed by atoms with Crippen LogP contribution in [0.4, 0.5) is 0 Å². The predicted octanol–water partition coefficient (Wildman–Crippen LogP) is 0.314. The number of β-lactam (4-membered cyclic amide) rings is 1. The number of aliphatic imine (C=N–C) groups is 1. The van der Waals surface area contributed by atoms with E-state index in [0.29, 0.717) is 6.42 Å². The third-order valence-corrected chi connectivity index (χ3v) is 4.52. The van der Waals surface area contributed by atoms with Gasteiger partial charge in [0.15, 0.2) is 6.04 Å². The Bertz CT molecular complexity index is 589. The van der Waals surface area contributed by atoms with Gasteiger partial charge in [-0.3, -0.25) is 14.7 Å². The second kappa shape index (κ2) is 4.92. The first-order valence-corrected chi connectivity index (χ1v) is 6.96. The van der Waals surface area contributed by atoms with Gasteiger partial charge < -0.3 is 10.2 Å². The van der Waals surface area contributed by atoms with Crippen LogP contribution in [-0.4, -0.2) is 49.7 Å². The lowest BCUT2D eigenvalue weighted by atomic mass is 10.1. The number of amides is 1. The van der Waals surface area contributed by atoms with Gasteiger partial charge in [-0.2, -0.15) is 0 Å². The van der Waals surface area contributed by atoms with Gasteiger partial charge in [-0.15, -0.1) is 0 Å². The summed E-state index contributed by atoms with van der Waals surface area (Å²) in [7, 11) is 0. The summed E-state index contributed by atoms with van der Waals surface area (Å²) < 4.78 is 0. The monoisotopic (exact) mass is 292 g/mol. The standard InChI is InChI=1S/C13H12N2O4S/c16-10-9-12(15(10)11(17)13(18)19)20-8(14-9)6-7-4-2-1-3-5-7/h1-5,9,11-12,17H,6H2,(H,18,19)/t9-,11?,12-/m1/s1. The summed E-state index contributed by atoms with van der Waals surface area (Å²) in [4.78, 5) is 27.8. The molecule has 1 amide bonds. The molecule has 0 radical (unpaired) electrons. The topological polar surface area (TPSA) is 90.2 Å². The molecular formula is C13H12N2O4S. The highest BCUT2D eigenvalue weighted by atomic mass is 32.2. The van der Waals surface area contributed by atoms with Crippen molar-refractivity contribution in [2.45, 2.75) is 24.1 Å². The summed E-state index contributed by atoms with van der Waals surface area (Å²) >= 11 is 1.34. The first-order chi connectivity index (χ1) is 9.58. The van der Waals surface area contributed by atoms with Crippen molar-refractivity contribution >= 4 is 28.7 Å². The van der Waals surface area contributed by atoms with Crippen molar-refractivity contribution in [3.8, 4) is 0 Å². The molecule has 0 bridgehead atoms. The highest BCUT2D eigenvalue weighted by molar-refractivity contribution is 8.14. The van der Waals surface area contributed by atoms with E-state index < -0.39 is 29.5 Å². The maximum absolute atomic E-state index is 11.8. The molecule has 1 aromatic carbocycles. The minimum atomic E-state index is -1.79. The van der Waals surface area contributed by atoms with E-state index in [2.05, 4.69) is 4.99 Å². The molecule has 2 aliphatic heterocycles. The number of benzene rings is 1. The molecule has 0 saturated carbocycles. The third-order valence-electron chi connectivity index (χ3n) is 3.27. The molecule has 1 fully saturated rings. The molecule has 0 aromatic heterocycles. The average Bonchev–Trinajstić information content (AvgIpc) is 2.79. The van der Waals surface area contributed by atoms with Gasteiger partial charge in [0.1, 0.15) is 5.37 Å². The molecule has 2 aliphatic rings. The Morgan fingerprint density at radius 2 is 2.10 bits per heavy atom. The number of carbonyl (C=O) groups is 2. The molecule has 1 unspecified atom stereocenters. The zero-order valence-electron chi connectivity index (χ0n) is 10.3. The van der Waals surface area contributed by atoms with E-state index in [0.717, 1.165) is 15.5 Å². The van der Waals surface area contributed by atoms with E-state index in [1.165, 1.54) is 11.8 Å². The summed E-state index contributed by atoms with van der Waals surface area (Å²) in [6.07, 6.45) is -1.18. The fraction of sp³-hybridized carbons (Fsp3) is 0.308. The Morgan fingerprint density at radius 3 is 2.75 bits per heavy atom. The van der Waals surface area contributed by atoms with Crippen LogP contribution < -0.4 is 0 Å². The molecule has 0 aliphatic carbocycles. The zero-order valence-corrected chi connectivity index (χ0v) is 11.2. The summed E-state index contributed by atoms with van der Waals surface area (Å²) in [6, 6.07) is 9.16. The van der Waals surface area contributed by atoms with Gasteiger partial charge in [0.05, 0.1) is 5.04 Å². The van der Waals surface area contributed by atoms with E-state index in [1.807, 2.05) is 30.3 Å². The van der Waals surface area contributed by atoms with Crippen molar-refractivity contribution in [2.75, 3.05) is 0 Å². The van der Waals surface area contributed by atoms with Crippen LogP contribution in [0.5, 0.6) is 0 Å². The first-order valence-electron chi connectivity index (χ1n) is 6.08. The van der Waals surface area contributed by atoms with Gasteiger partial charge >= 0.3 is 5.97 Å². The number of hydrogen-bond donors (Lipinski definition) is 2. The number of fused-ring (bicyclic) bond motifs is 1. The van der Waals surface area contributed by atoms with Crippen molar-refractivity contribution in [3.05, 3.63) is 35.9 Å². The van der Waals surface area contributed by atoms with Crippen LogP contribution >= 0.6 is 11.8 Å². The van der Waals surface area contributed by atoms with Gasteiger partial charge in [-0.05, 0) is 5.56 Å². The molecule has 2 heterocycles. The molecular weight excluding hydrogens is 280 g/mol. The van der Waals surface area contributed by atoms with Crippen molar-refractivity contribution in [3.63, 3.8) is 0 Å². The van der Waals surface area contributed by atoms with Crippen LogP contribution in [0.15, 0.2) is 35.3 Å². The highest BCUT2D eigenvalue weighted by Gasteiger charge is 2.55. The quantitative estimate of drug-likeness (QED) is 0.780. The number of hydrogen-bond acceptors (Lipinski definition) is 5. The number of rotatable bonds is 4. The fourth-order valence-corrected chi connectivity index (χ4v) is 3.61. The van der Waals surface area contributed by atoms with E-state index in [4.69, 9.17) is 5.11 Å². The van der Waals surface area contributed by atoms with E-state index >= 15 is 0 Å². The maximum Gasteiger partial charge on any atom is 0.354 e. The molecule has 1 saturated heterocycles. The van der Waals surface area contributed by atoms with Gasteiger partial charge in [-0.25, -0.2) is 4.79 Å². The van der Waals surface area contributed by atoms with Crippen molar-refractivity contribution in [2.24, 2.45) is 4.99 Å². The normalized spacial score (nSPS) is 25.8. The van der Waals surface area contributed by atoms with E-state index in [-0.39, 0.29) is 0 Å². The van der Waals surface area contributed by atoms with Crippen LogP contribution in [-0.2, 0) is 16.0 Å². The number of carboxylic acid groups (broad SMARTS) is 1. The van der Waals surface area contributed by atoms with Crippen LogP contribution in [0, 0.1) is 0 Å². The zero-order chi connectivity index (χ0) is 14.3. The number of carboxylic acids is 1. The minimum absolute atomic E-state index is 0.396. The van der Waals surface area contributed by atoms with Crippen LogP contribution in [0.25, 0.3) is 0 Å². The molecule has 104 valence electrons. The number of aliphatic hydroxyl groups is 1. The second-order valence-electron chi connectivity index (χ2n) is 4.60. The Morgan fingerprint density at radius 1 is 1.40 bits per heavy atom. The molecule has 0 spiro atoms. The lowest BCUT2D eigenvalue weighted by Gasteiger charge is -2.42. The number of aliphatic hydroxyl groups excluding tert-OH is 1. The van der Waals surface area contributed by atoms with Gasteiger partial charge in [0.25, 0.3) is 5.91 Å². The Labute approximate surface area is 119 Å². The van der Waals surface area contributed by atoms with Gasteiger partial charge in [-0.1, -0.05) is 42.1 Å². The lowest BCUT2D eigenvalue weighted by Crippen LogP contribution is -2.66. The fourth-order valence-electron chi connectivity index (χ4n) is 2.27. The number of thioether (sulfide) groups is 1. The van der Waals surface area contributed by atoms with Crippen LogP contribution in [0.2, 0.25) is 0 Å². The molecule has 2 N–H and O–H groups in total. The van der Waals surface area contributed by atoms with Gasteiger partial charge in [0, 0.05) is 6.42 Å². The van der Waals surface area contributed by atoms with E-state index in [1.54, 1.807) is 0 Å². The second-order valence-corrected chi connectivity index (χ2v) is 5.79. The third kappa shape index (κ3) is 2.08. The number of carbonyl (C=O) groups excluding carboxylic acids is 1. The summed E-state index contributed by atoms with van der Waals surface area (Å²) in [6.45, 7) is 0. The van der Waals surface area contributed by atoms with Crippen LogP contribution in [0.1, 0.15) is 5.56 Å². The Hall–Kier alpha value is -1.86. The number of nitrogens with zero attached hydrogens (tertiary/aromatic N) is 2. The predicted molar refractivity (Wildman–Crippen MR) is 73.2 cm³/mol. The molecule has 20 heavy (non-hydrogen) atoms. The highest BCUT2D eigenvalue weighted by Crippen LogP contribution is 2.40. The molecule has 3 rings (SSSR count). The van der Waals surface area contributed by atoms with Crippen molar-refractivity contribution in [1.82, 2.24) is 4.90 Å².